The van der Waals surface area contributed by atoms with E-state index in [0.717, 1.165) is 0 Å². The van der Waals surface area contributed by atoms with E-state index in [4.69, 9.17) is 0 Å². The molecule has 0 rings (SSSR count). The van der Waals surface area contributed by atoms with Crippen LogP contribution in [0.1, 0.15) is 19.8 Å². The molecule has 13 heavy (non-hydrogen) atoms. The zero-order chi connectivity index (χ0) is 10.5. The van der Waals surface area contributed by atoms with E-state index in [1.54, 1.807) is 6.92 Å². The van der Waals surface area contributed by atoms with Gasteiger partial charge in [-0.05, 0) is 13.3 Å². The fraction of sp³-hybridized carbons (Fsp3) is 0.556. The van der Waals surface area contributed by atoms with Gasteiger partial charge in [0.05, 0.1) is 11.7 Å². The van der Waals surface area contributed by atoms with E-state index < -0.39 is 24.3 Å². The van der Waals surface area contributed by atoms with E-state index >= 15 is 0 Å². The molecule has 0 nitrogen and oxygen atoms in total. The second-order valence-electron chi connectivity index (χ2n) is 2.76. The van der Waals surface area contributed by atoms with Crippen molar-refractivity contribution >= 4 is 0 Å². The fourth-order valence-corrected chi connectivity index (χ4v) is 0.900. The minimum Gasteiger partial charge on any atom is -0.212 e. The van der Waals surface area contributed by atoms with Crippen LogP contribution < -0.4 is 0 Å². The van der Waals surface area contributed by atoms with Gasteiger partial charge in [0.2, 0.25) is 0 Å². The summed E-state index contributed by atoms with van der Waals surface area (Å²) in [7, 11) is 0. The number of halogens is 4. The first-order valence-electron chi connectivity index (χ1n) is 3.89. The third-order valence-corrected chi connectivity index (χ3v) is 1.59. The third-order valence-electron chi connectivity index (χ3n) is 1.59. The maximum absolute atomic E-state index is 12.2. The molecule has 0 spiro atoms. The van der Waals surface area contributed by atoms with Crippen molar-refractivity contribution < 1.29 is 17.6 Å². The summed E-state index contributed by atoms with van der Waals surface area (Å²) in [5.41, 5.74) is 0. The zero-order valence-corrected chi connectivity index (χ0v) is 7.37. The Morgan fingerprint density at radius 1 is 1.46 bits per heavy atom. The average Bonchev–Trinajstić information content (AvgIpc) is 1.95. The van der Waals surface area contributed by atoms with E-state index in [0.29, 0.717) is 0 Å². The van der Waals surface area contributed by atoms with Gasteiger partial charge in [-0.15, -0.1) is 0 Å². The van der Waals surface area contributed by atoms with Crippen LogP contribution in [0.25, 0.3) is 0 Å². The SMILES string of the molecule is C=C(F)CC(C/C=C\C)C(F)(F)F. The Labute approximate surface area is 74.9 Å². The van der Waals surface area contributed by atoms with Gasteiger partial charge in [0.1, 0.15) is 0 Å². The van der Waals surface area contributed by atoms with Crippen LogP contribution in [-0.2, 0) is 0 Å². The molecule has 1 unspecified atom stereocenters. The zero-order valence-electron chi connectivity index (χ0n) is 7.37. The van der Waals surface area contributed by atoms with Crippen LogP contribution in [0.15, 0.2) is 24.6 Å². The van der Waals surface area contributed by atoms with Gasteiger partial charge in [-0.2, -0.15) is 13.2 Å². The standard InChI is InChI=1S/C9H12F4/c1-3-4-5-8(6-7(2)10)9(11,12)13/h3-4,8H,2,5-6H2,1H3/b4-3-. The molecule has 0 aliphatic rings. The second-order valence-corrected chi connectivity index (χ2v) is 2.76. The highest BCUT2D eigenvalue weighted by Gasteiger charge is 2.38. The second kappa shape index (κ2) is 5.04. The Balaban J connectivity index is 4.28. The summed E-state index contributed by atoms with van der Waals surface area (Å²) in [5.74, 6) is -2.58. The van der Waals surface area contributed by atoms with Crippen molar-refractivity contribution in [3.05, 3.63) is 24.6 Å². The van der Waals surface area contributed by atoms with Crippen molar-refractivity contribution in [1.29, 1.82) is 0 Å². The number of allylic oxidation sites excluding steroid dienone is 3. The molecule has 0 aromatic rings. The summed E-state index contributed by atoms with van der Waals surface area (Å²) in [6.45, 7) is 4.45. The van der Waals surface area contributed by atoms with E-state index in [1.165, 1.54) is 12.2 Å². The Morgan fingerprint density at radius 3 is 2.31 bits per heavy atom. The minimum absolute atomic E-state index is 0.192. The summed E-state index contributed by atoms with van der Waals surface area (Å²) in [6, 6.07) is 0. The smallest absolute Gasteiger partial charge is 0.212 e. The summed E-state index contributed by atoms with van der Waals surface area (Å²) in [4.78, 5) is 0. The molecule has 0 aromatic heterocycles. The largest absolute Gasteiger partial charge is 0.392 e. The summed E-state index contributed by atoms with van der Waals surface area (Å²) in [5, 5.41) is 0. The number of rotatable bonds is 4. The Kier molecular flexibility index (Phi) is 4.73. The van der Waals surface area contributed by atoms with Crippen LogP contribution in [0.3, 0.4) is 0 Å². The van der Waals surface area contributed by atoms with Gasteiger partial charge in [0.25, 0.3) is 0 Å². The molecule has 1 atom stereocenters. The predicted molar refractivity (Wildman–Crippen MR) is 43.8 cm³/mol. The van der Waals surface area contributed by atoms with Crippen molar-refractivity contribution in [2.24, 2.45) is 5.92 Å². The first-order chi connectivity index (χ1) is 5.88. The van der Waals surface area contributed by atoms with Crippen molar-refractivity contribution in [3.63, 3.8) is 0 Å². The van der Waals surface area contributed by atoms with E-state index in [2.05, 4.69) is 6.58 Å². The highest BCUT2D eigenvalue weighted by molar-refractivity contribution is 4.90. The van der Waals surface area contributed by atoms with Gasteiger partial charge in [-0.1, -0.05) is 18.7 Å². The molecule has 0 radical (unpaired) electrons. The summed E-state index contributed by atoms with van der Waals surface area (Å²) in [6.07, 6.45) is -2.30. The van der Waals surface area contributed by atoms with Crippen LogP contribution in [0.5, 0.6) is 0 Å². The van der Waals surface area contributed by atoms with Crippen molar-refractivity contribution in [2.75, 3.05) is 0 Å². The molecule has 0 aliphatic carbocycles. The monoisotopic (exact) mass is 196 g/mol. The molecule has 0 amide bonds. The molecule has 4 heteroatoms. The highest BCUT2D eigenvalue weighted by Crippen LogP contribution is 2.33. The highest BCUT2D eigenvalue weighted by atomic mass is 19.4. The van der Waals surface area contributed by atoms with Crippen molar-refractivity contribution in [2.45, 2.75) is 25.9 Å². The molecule has 0 fully saturated rings. The first-order valence-corrected chi connectivity index (χ1v) is 3.89. The van der Waals surface area contributed by atoms with Gasteiger partial charge < -0.3 is 0 Å². The molecule has 0 bridgehead atoms. The van der Waals surface area contributed by atoms with Crippen LogP contribution in [0, 0.1) is 5.92 Å². The molecule has 0 aliphatic heterocycles. The lowest BCUT2D eigenvalue weighted by molar-refractivity contribution is -0.174. The lowest BCUT2D eigenvalue weighted by Crippen LogP contribution is -2.22. The van der Waals surface area contributed by atoms with Gasteiger partial charge >= 0.3 is 6.18 Å². The average molecular weight is 196 g/mol. The lowest BCUT2D eigenvalue weighted by Gasteiger charge is -2.17. The molecule has 0 aromatic carbocycles. The maximum Gasteiger partial charge on any atom is 0.392 e. The first kappa shape index (κ1) is 12.2. The number of hydrogen-bond acceptors (Lipinski definition) is 0. The lowest BCUT2D eigenvalue weighted by atomic mass is 10.0. The summed E-state index contributed by atoms with van der Waals surface area (Å²) >= 11 is 0. The third kappa shape index (κ3) is 5.44. The fourth-order valence-electron chi connectivity index (χ4n) is 0.900. The van der Waals surface area contributed by atoms with E-state index in [-0.39, 0.29) is 6.42 Å². The Morgan fingerprint density at radius 2 is 2.00 bits per heavy atom. The molecule has 76 valence electrons. The van der Waals surface area contributed by atoms with Crippen molar-refractivity contribution in [1.82, 2.24) is 0 Å². The van der Waals surface area contributed by atoms with Crippen LogP contribution in [-0.4, -0.2) is 6.18 Å². The normalized spacial score (nSPS) is 14.8. The Hall–Kier alpha value is -0.800. The summed E-state index contributed by atoms with van der Waals surface area (Å²) < 4.78 is 48.7. The topological polar surface area (TPSA) is 0 Å². The molecule has 0 saturated carbocycles. The molecule has 0 N–H and O–H groups in total. The quantitative estimate of drug-likeness (QED) is 0.470. The minimum atomic E-state index is -4.35. The Bertz CT molecular complexity index is 190. The molecule has 0 heterocycles. The molecular formula is C9H12F4. The van der Waals surface area contributed by atoms with Crippen LogP contribution in [0.2, 0.25) is 0 Å². The molecular weight excluding hydrogens is 184 g/mol. The molecule has 0 saturated heterocycles. The maximum atomic E-state index is 12.2. The predicted octanol–water partition coefficient (Wildman–Crippen LogP) is 4.00. The van der Waals surface area contributed by atoms with E-state index in [1.807, 2.05) is 0 Å². The van der Waals surface area contributed by atoms with E-state index in [9.17, 15) is 17.6 Å². The van der Waals surface area contributed by atoms with Gasteiger partial charge in [-0.25, -0.2) is 4.39 Å². The van der Waals surface area contributed by atoms with Crippen molar-refractivity contribution in [3.8, 4) is 0 Å². The number of alkyl halides is 3. The number of hydrogen-bond donors (Lipinski definition) is 0. The van der Waals surface area contributed by atoms with Crippen LogP contribution >= 0.6 is 0 Å². The van der Waals surface area contributed by atoms with Gasteiger partial charge in [0, 0.05) is 6.42 Å². The van der Waals surface area contributed by atoms with Gasteiger partial charge in [-0.3, -0.25) is 0 Å². The van der Waals surface area contributed by atoms with Crippen LogP contribution in [0.4, 0.5) is 17.6 Å². The van der Waals surface area contributed by atoms with Gasteiger partial charge in [0.15, 0.2) is 0 Å².